The molecule has 0 spiro atoms. The molecule has 0 aromatic heterocycles. The second-order valence-electron chi connectivity index (χ2n) is 8.19. The van der Waals surface area contributed by atoms with Gasteiger partial charge in [-0.15, -0.1) is 0 Å². The molecule has 0 unspecified atom stereocenters. The lowest BCUT2D eigenvalue weighted by molar-refractivity contribution is -0.164. The van der Waals surface area contributed by atoms with Gasteiger partial charge in [-0.2, -0.15) is 0 Å². The highest BCUT2D eigenvalue weighted by Crippen LogP contribution is 2.45. The van der Waals surface area contributed by atoms with E-state index in [-0.39, 0.29) is 11.7 Å². The van der Waals surface area contributed by atoms with Crippen LogP contribution in [-0.4, -0.2) is 75.4 Å². The number of amides is 1. The maximum absolute atomic E-state index is 14.2. The minimum absolute atomic E-state index is 0.0645. The van der Waals surface area contributed by atoms with Crippen molar-refractivity contribution < 1.29 is 28.1 Å². The van der Waals surface area contributed by atoms with Crippen LogP contribution in [0.2, 0.25) is 0 Å². The van der Waals surface area contributed by atoms with Crippen LogP contribution in [0.5, 0.6) is 17.2 Å². The second kappa shape index (κ2) is 10.9. The number of rotatable bonds is 10. The zero-order valence-corrected chi connectivity index (χ0v) is 19.2. The van der Waals surface area contributed by atoms with Gasteiger partial charge in [-0.3, -0.25) is 9.69 Å². The molecule has 2 heterocycles. The smallest absolute Gasteiger partial charge is 0.266 e. The molecular weight excluding hydrogens is 427 g/mol. The predicted molar refractivity (Wildman–Crippen MR) is 121 cm³/mol. The number of unbranched alkanes of at least 4 members (excludes halogenated alkanes) is 1. The Morgan fingerprint density at radius 2 is 1.70 bits per heavy atom. The molecule has 0 saturated carbocycles. The van der Waals surface area contributed by atoms with Crippen LogP contribution >= 0.6 is 0 Å². The molecule has 2 aromatic carbocycles. The Morgan fingerprint density at radius 1 is 0.970 bits per heavy atom. The van der Waals surface area contributed by atoms with Crippen LogP contribution < -0.4 is 14.2 Å². The molecule has 2 aromatic rings. The van der Waals surface area contributed by atoms with Gasteiger partial charge in [0.2, 0.25) is 6.10 Å². The van der Waals surface area contributed by atoms with Crippen molar-refractivity contribution in [3.8, 4) is 17.2 Å². The number of carbonyl (C=O) groups is 1. The van der Waals surface area contributed by atoms with E-state index in [4.69, 9.17) is 18.9 Å². The van der Waals surface area contributed by atoms with Gasteiger partial charge in [-0.1, -0.05) is 24.3 Å². The van der Waals surface area contributed by atoms with E-state index in [1.54, 1.807) is 31.3 Å². The van der Waals surface area contributed by atoms with Crippen LogP contribution in [0.1, 0.15) is 24.4 Å². The Labute approximate surface area is 194 Å². The van der Waals surface area contributed by atoms with Crippen molar-refractivity contribution in [1.82, 2.24) is 9.80 Å². The fraction of sp³-hybridized carbons (Fsp3) is 0.480. The SMILES string of the molecule is COc1cccc([C@H]2[C@@H](Oc3ccccc3F)C(=O)N2CCCCN2CCOCC2)c1OC. The summed E-state index contributed by atoms with van der Waals surface area (Å²) in [5, 5.41) is 0. The molecule has 178 valence electrons. The summed E-state index contributed by atoms with van der Waals surface area (Å²) in [6.07, 6.45) is 1.00. The van der Waals surface area contributed by atoms with Gasteiger partial charge in [-0.05, 0) is 37.6 Å². The predicted octanol–water partition coefficient (Wildman–Crippen LogP) is 3.29. The molecule has 1 amide bonds. The summed E-state index contributed by atoms with van der Waals surface area (Å²) in [7, 11) is 3.14. The molecule has 33 heavy (non-hydrogen) atoms. The zero-order chi connectivity index (χ0) is 23.2. The Hall–Kier alpha value is -2.84. The highest BCUT2D eigenvalue weighted by Gasteiger charge is 2.51. The largest absolute Gasteiger partial charge is 0.493 e. The van der Waals surface area contributed by atoms with E-state index in [0.717, 1.165) is 51.3 Å². The molecule has 8 heteroatoms. The van der Waals surface area contributed by atoms with Crippen LogP contribution in [0.3, 0.4) is 0 Å². The van der Waals surface area contributed by atoms with Gasteiger partial charge in [-0.25, -0.2) is 4.39 Å². The van der Waals surface area contributed by atoms with Crippen molar-refractivity contribution in [1.29, 1.82) is 0 Å². The van der Waals surface area contributed by atoms with Crippen molar-refractivity contribution in [2.45, 2.75) is 25.0 Å². The first-order valence-corrected chi connectivity index (χ1v) is 11.4. The van der Waals surface area contributed by atoms with E-state index >= 15 is 0 Å². The lowest BCUT2D eigenvalue weighted by Gasteiger charge is -2.47. The van der Waals surface area contributed by atoms with Gasteiger partial charge in [0, 0.05) is 25.2 Å². The van der Waals surface area contributed by atoms with Crippen molar-refractivity contribution in [2.75, 3.05) is 53.6 Å². The van der Waals surface area contributed by atoms with Crippen LogP contribution in [0.4, 0.5) is 4.39 Å². The summed E-state index contributed by atoms with van der Waals surface area (Å²) in [5.41, 5.74) is 0.783. The molecule has 0 radical (unpaired) electrons. The number of halogens is 1. The number of para-hydroxylation sites is 2. The molecular formula is C25H31FN2O5. The minimum Gasteiger partial charge on any atom is -0.493 e. The summed E-state index contributed by atoms with van der Waals surface area (Å²) in [6, 6.07) is 11.3. The minimum atomic E-state index is -0.831. The number of hydrogen-bond acceptors (Lipinski definition) is 6. The third-order valence-electron chi connectivity index (χ3n) is 6.22. The number of carbonyl (C=O) groups excluding carboxylic acids is 1. The van der Waals surface area contributed by atoms with Crippen molar-refractivity contribution in [3.05, 3.63) is 53.8 Å². The number of hydrogen-bond donors (Lipinski definition) is 0. The third-order valence-corrected chi connectivity index (χ3v) is 6.22. The number of morpholine rings is 1. The fourth-order valence-electron chi connectivity index (χ4n) is 4.48. The molecule has 2 fully saturated rings. The van der Waals surface area contributed by atoms with Gasteiger partial charge in [0.05, 0.1) is 27.4 Å². The molecule has 0 aliphatic carbocycles. The first-order chi connectivity index (χ1) is 16.1. The molecule has 2 aliphatic heterocycles. The van der Waals surface area contributed by atoms with E-state index in [9.17, 15) is 9.18 Å². The van der Waals surface area contributed by atoms with E-state index in [1.165, 1.54) is 12.1 Å². The standard InChI is InChI=1S/C25H31FN2O5/c1-30-21-11-7-8-18(23(21)31-2)22-24(33-20-10-4-3-9-19(20)26)25(29)28(22)13-6-5-12-27-14-16-32-17-15-27/h3-4,7-11,22,24H,5-6,12-17H2,1-2H3/t22-,24+/m0/s1. The molecule has 2 atom stereocenters. The first kappa shape index (κ1) is 23.3. The van der Waals surface area contributed by atoms with Crippen molar-refractivity contribution in [3.63, 3.8) is 0 Å². The fourth-order valence-corrected chi connectivity index (χ4v) is 4.48. The number of likely N-dealkylation sites (tertiary alicyclic amines) is 1. The average Bonchev–Trinajstić information content (AvgIpc) is 2.85. The maximum atomic E-state index is 14.2. The van der Waals surface area contributed by atoms with Gasteiger partial charge >= 0.3 is 0 Å². The van der Waals surface area contributed by atoms with Gasteiger partial charge in [0.25, 0.3) is 5.91 Å². The van der Waals surface area contributed by atoms with Crippen LogP contribution in [0.15, 0.2) is 42.5 Å². The lowest BCUT2D eigenvalue weighted by atomic mass is 9.89. The second-order valence-corrected chi connectivity index (χ2v) is 8.19. The van der Waals surface area contributed by atoms with E-state index in [0.29, 0.717) is 18.0 Å². The summed E-state index contributed by atoms with van der Waals surface area (Å²) in [6.45, 7) is 5.02. The first-order valence-electron chi connectivity index (χ1n) is 11.4. The number of ether oxygens (including phenoxy) is 4. The molecule has 2 aliphatic rings. The molecule has 4 rings (SSSR count). The highest BCUT2D eigenvalue weighted by atomic mass is 19.1. The molecule has 2 saturated heterocycles. The Bertz CT molecular complexity index is 950. The number of benzene rings is 2. The lowest BCUT2D eigenvalue weighted by Crippen LogP contribution is -2.61. The quantitative estimate of drug-likeness (QED) is 0.402. The van der Waals surface area contributed by atoms with Crippen molar-refractivity contribution in [2.24, 2.45) is 0 Å². The van der Waals surface area contributed by atoms with Crippen molar-refractivity contribution >= 4 is 5.91 Å². The molecule has 0 N–H and O–H groups in total. The van der Waals surface area contributed by atoms with E-state index < -0.39 is 18.0 Å². The number of β-lactam (4-membered cyclic amide) rings is 1. The topological polar surface area (TPSA) is 60.5 Å². The zero-order valence-electron chi connectivity index (χ0n) is 19.2. The van der Waals surface area contributed by atoms with Crippen LogP contribution in [0, 0.1) is 5.82 Å². The van der Waals surface area contributed by atoms with Crippen LogP contribution in [0.25, 0.3) is 0 Å². The highest BCUT2D eigenvalue weighted by molar-refractivity contribution is 5.89. The number of nitrogens with zero attached hydrogens (tertiary/aromatic N) is 2. The van der Waals surface area contributed by atoms with Gasteiger partial charge in [0.15, 0.2) is 23.1 Å². The van der Waals surface area contributed by atoms with E-state index in [1.807, 2.05) is 18.2 Å². The third kappa shape index (κ3) is 5.07. The van der Waals surface area contributed by atoms with Crippen LogP contribution in [-0.2, 0) is 9.53 Å². The maximum Gasteiger partial charge on any atom is 0.266 e. The Balaban J connectivity index is 1.50. The summed E-state index contributed by atoms with van der Waals surface area (Å²) < 4.78 is 36.6. The Morgan fingerprint density at radius 3 is 2.42 bits per heavy atom. The number of methoxy groups -OCH3 is 2. The summed E-state index contributed by atoms with van der Waals surface area (Å²) in [5.74, 6) is 0.545. The van der Waals surface area contributed by atoms with Gasteiger partial charge in [0.1, 0.15) is 6.04 Å². The summed E-state index contributed by atoms with van der Waals surface area (Å²) >= 11 is 0. The Kier molecular flexibility index (Phi) is 7.67. The summed E-state index contributed by atoms with van der Waals surface area (Å²) in [4.78, 5) is 17.3. The van der Waals surface area contributed by atoms with E-state index in [2.05, 4.69) is 4.90 Å². The molecule has 7 nitrogen and oxygen atoms in total. The normalized spacial score (nSPS) is 20.9. The van der Waals surface area contributed by atoms with Gasteiger partial charge < -0.3 is 23.8 Å². The average molecular weight is 459 g/mol. The molecule has 0 bridgehead atoms. The monoisotopic (exact) mass is 458 g/mol.